The molecular formula is C15H14N2O6S2. The van der Waals surface area contributed by atoms with Crippen molar-refractivity contribution in [3.8, 4) is 29.3 Å². The van der Waals surface area contributed by atoms with Gasteiger partial charge in [-0.15, -0.1) is 20.2 Å². The van der Waals surface area contributed by atoms with E-state index >= 15 is 0 Å². The van der Waals surface area contributed by atoms with Crippen molar-refractivity contribution in [3.05, 3.63) is 42.7 Å². The lowest BCUT2D eigenvalue weighted by molar-refractivity contribution is 0.362. The Morgan fingerprint density at radius 3 is 2.80 bits per heavy atom. The molecule has 1 aromatic heterocycles. The SMILES string of the molecule is CCSc1cc(O)n(-c2cccc(OS(=O)(=O)OC=CC#N)c2)c1O. The van der Waals surface area contributed by atoms with Crippen LogP contribution in [0.25, 0.3) is 5.69 Å². The van der Waals surface area contributed by atoms with Crippen LogP contribution in [0, 0.1) is 11.3 Å². The van der Waals surface area contributed by atoms with E-state index in [-0.39, 0.29) is 17.5 Å². The minimum absolute atomic E-state index is 0.0972. The van der Waals surface area contributed by atoms with Crippen molar-refractivity contribution in [1.82, 2.24) is 4.57 Å². The summed E-state index contributed by atoms with van der Waals surface area (Å²) in [5.41, 5.74) is 0.290. The van der Waals surface area contributed by atoms with Crippen molar-refractivity contribution in [3.63, 3.8) is 0 Å². The van der Waals surface area contributed by atoms with Gasteiger partial charge in [0.15, 0.2) is 5.88 Å². The van der Waals surface area contributed by atoms with Gasteiger partial charge < -0.3 is 18.6 Å². The zero-order chi connectivity index (χ0) is 18.4. The molecule has 0 amide bonds. The van der Waals surface area contributed by atoms with Crippen molar-refractivity contribution in [2.75, 3.05) is 5.75 Å². The van der Waals surface area contributed by atoms with Crippen molar-refractivity contribution < 1.29 is 27.0 Å². The molecule has 0 saturated heterocycles. The molecule has 1 heterocycles. The molecule has 0 spiro atoms. The summed E-state index contributed by atoms with van der Waals surface area (Å²) in [6, 6.07) is 8.67. The number of allylic oxidation sites excluding steroid dienone is 1. The quantitative estimate of drug-likeness (QED) is 0.426. The first kappa shape index (κ1) is 18.6. The molecule has 0 bridgehead atoms. The van der Waals surface area contributed by atoms with E-state index in [9.17, 15) is 18.6 Å². The molecule has 10 heteroatoms. The summed E-state index contributed by atoms with van der Waals surface area (Å²) in [6.45, 7) is 1.90. The van der Waals surface area contributed by atoms with Gasteiger partial charge in [0.25, 0.3) is 0 Å². The summed E-state index contributed by atoms with van der Waals surface area (Å²) in [5, 5.41) is 28.5. The average molecular weight is 382 g/mol. The van der Waals surface area contributed by atoms with Gasteiger partial charge >= 0.3 is 10.4 Å². The lowest BCUT2D eigenvalue weighted by Gasteiger charge is -2.10. The summed E-state index contributed by atoms with van der Waals surface area (Å²) < 4.78 is 33.5. The Labute approximate surface area is 148 Å². The Bertz CT molecular complexity index is 928. The first-order chi connectivity index (χ1) is 11.9. The highest BCUT2D eigenvalue weighted by molar-refractivity contribution is 7.99. The number of nitrogens with zero attached hydrogens (tertiary/aromatic N) is 2. The van der Waals surface area contributed by atoms with Gasteiger partial charge in [-0.1, -0.05) is 13.0 Å². The second-order valence-electron chi connectivity index (χ2n) is 4.48. The van der Waals surface area contributed by atoms with Gasteiger partial charge in [0.1, 0.15) is 12.0 Å². The molecule has 1 aromatic carbocycles. The smallest absolute Gasteiger partial charge is 0.494 e. The summed E-state index contributed by atoms with van der Waals surface area (Å²) in [4.78, 5) is 0.490. The number of benzene rings is 1. The maximum absolute atomic E-state index is 11.6. The molecule has 2 aromatic rings. The van der Waals surface area contributed by atoms with Crippen LogP contribution in [0.1, 0.15) is 6.92 Å². The van der Waals surface area contributed by atoms with Crippen LogP contribution >= 0.6 is 11.8 Å². The Kier molecular flexibility index (Phi) is 5.84. The van der Waals surface area contributed by atoms with E-state index in [1.165, 1.54) is 36.0 Å². The zero-order valence-corrected chi connectivity index (χ0v) is 14.6. The number of aromatic nitrogens is 1. The maximum Gasteiger partial charge on any atom is 0.500 e. The fourth-order valence-corrected chi connectivity index (χ4v) is 3.21. The highest BCUT2D eigenvalue weighted by Gasteiger charge is 2.17. The van der Waals surface area contributed by atoms with Gasteiger partial charge in [-0.25, -0.2) is 0 Å². The van der Waals surface area contributed by atoms with Gasteiger partial charge in [-0.2, -0.15) is 5.26 Å². The van der Waals surface area contributed by atoms with E-state index in [0.717, 1.165) is 10.6 Å². The number of nitriles is 1. The predicted molar refractivity (Wildman–Crippen MR) is 90.9 cm³/mol. The number of hydrogen-bond acceptors (Lipinski definition) is 8. The number of hydrogen-bond donors (Lipinski definition) is 2. The molecule has 0 aliphatic rings. The normalized spacial score (nSPS) is 11.4. The molecule has 8 nitrogen and oxygen atoms in total. The molecule has 0 radical (unpaired) electrons. The van der Waals surface area contributed by atoms with Crippen LogP contribution in [-0.2, 0) is 14.6 Å². The third kappa shape index (κ3) is 4.62. The number of rotatable bonds is 7. The van der Waals surface area contributed by atoms with Crippen LogP contribution in [-0.4, -0.2) is 29.0 Å². The summed E-state index contributed by atoms with van der Waals surface area (Å²) in [7, 11) is -4.41. The van der Waals surface area contributed by atoms with E-state index in [0.29, 0.717) is 22.6 Å². The fraction of sp³-hybridized carbons (Fsp3) is 0.133. The van der Waals surface area contributed by atoms with Crippen LogP contribution < -0.4 is 4.18 Å². The van der Waals surface area contributed by atoms with Gasteiger partial charge in [0, 0.05) is 12.1 Å². The highest BCUT2D eigenvalue weighted by atomic mass is 32.3. The molecule has 0 fully saturated rings. The molecule has 0 unspecified atom stereocenters. The molecule has 0 aliphatic heterocycles. The monoisotopic (exact) mass is 382 g/mol. The fourth-order valence-electron chi connectivity index (χ4n) is 1.92. The molecule has 25 heavy (non-hydrogen) atoms. The first-order valence-corrected chi connectivity index (χ1v) is 9.24. The molecule has 0 atom stereocenters. The highest BCUT2D eigenvalue weighted by Crippen LogP contribution is 2.38. The second kappa shape index (κ2) is 7.87. The Morgan fingerprint density at radius 2 is 2.12 bits per heavy atom. The third-order valence-corrected chi connectivity index (χ3v) is 4.45. The predicted octanol–water partition coefficient (Wildman–Crippen LogP) is 2.68. The molecular weight excluding hydrogens is 368 g/mol. The molecule has 0 saturated carbocycles. The Hall–Kier alpha value is -2.77. The topological polar surface area (TPSA) is 122 Å². The van der Waals surface area contributed by atoms with Gasteiger partial charge in [0.05, 0.1) is 22.7 Å². The van der Waals surface area contributed by atoms with E-state index in [4.69, 9.17) is 9.44 Å². The van der Waals surface area contributed by atoms with Crippen LogP contribution in [0.15, 0.2) is 47.6 Å². The first-order valence-electron chi connectivity index (χ1n) is 6.92. The van der Waals surface area contributed by atoms with Gasteiger partial charge in [-0.05, 0) is 17.9 Å². The van der Waals surface area contributed by atoms with Crippen molar-refractivity contribution in [2.24, 2.45) is 0 Å². The van der Waals surface area contributed by atoms with Gasteiger partial charge in [0.2, 0.25) is 5.88 Å². The molecule has 2 rings (SSSR count). The van der Waals surface area contributed by atoms with E-state index in [2.05, 4.69) is 4.18 Å². The summed E-state index contributed by atoms with van der Waals surface area (Å²) >= 11 is 1.35. The number of aromatic hydroxyl groups is 2. The summed E-state index contributed by atoms with van der Waals surface area (Å²) in [6.07, 6.45) is 1.51. The Morgan fingerprint density at radius 1 is 1.36 bits per heavy atom. The van der Waals surface area contributed by atoms with Crippen LogP contribution in [0.2, 0.25) is 0 Å². The second-order valence-corrected chi connectivity index (χ2v) is 6.96. The Balaban J connectivity index is 2.31. The maximum atomic E-state index is 11.6. The minimum atomic E-state index is -4.41. The van der Waals surface area contributed by atoms with Crippen molar-refractivity contribution in [2.45, 2.75) is 11.8 Å². The molecule has 132 valence electrons. The largest absolute Gasteiger partial charge is 0.500 e. The van der Waals surface area contributed by atoms with E-state index < -0.39 is 10.4 Å². The third-order valence-electron chi connectivity index (χ3n) is 2.81. The lowest BCUT2D eigenvalue weighted by atomic mass is 10.3. The minimum Gasteiger partial charge on any atom is -0.494 e. The molecule has 0 aliphatic carbocycles. The van der Waals surface area contributed by atoms with Gasteiger partial charge in [-0.3, -0.25) is 4.57 Å². The number of thioether (sulfide) groups is 1. The van der Waals surface area contributed by atoms with Crippen LogP contribution in [0.5, 0.6) is 17.5 Å². The van der Waals surface area contributed by atoms with E-state index in [1.54, 1.807) is 12.1 Å². The van der Waals surface area contributed by atoms with Crippen molar-refractivity contribution in [1.29, 1.82) is 5.26 Å². The molecule has 2 N–H and O–H groups in total. The zero-order valence-electron chi connectivity index (χ0n) is 13.0. The average Bonchev–Trinajstić information content (AvgIpc) is 2.82. The summed E-state index contributed by atoms with van der Waals surface area (Å²) in [5.74, 6) is 0.227. The van der Waals surface area contributed by atoms with Crippen LogP contribution in [0.4, 0.5) is 0 Å². The van der Waals surface area contributed by atoms with E-state index in [1.807, 2.05) is 6.92 Å². The van der Waals surface area contributed by atoms with Crippen molar-refractivity contribution >= 4 is 22.2 Å². The van der Waals surface area contributed by atoms with Crippen LogP contribution in [0.3, 0.4) is 0 Å². The lowest BCUT2D eigenvalue weighted by Crippen LogP contribution is -2.10. The standard InChI is InChI=1S/C15H14N2O6S2/c1-2-24-13-10-14(18)17(15(13)19)11-5-3-6-12(9-11)23-25(20,21)22-8-4-7-16/h3-6,8-10,18-19H,2H2,1H3.